The van der Waals surface area contributed by atoms with Crippen LogP contribution in [0.5, 0.6) is 0 Å². The highest BCUT2D eigenvalue weighted by atomic mass is 28.4. The van der Waals surface area contributed by atoms with Gasteiger partial charge in [-0.05, 0) is 41.3 Å². The fourth-order valence-electron chi connectivity index (χ4n) is 1.16. The van der Waals surface area contributed by atoms with Crippen molar-refractivity contribution in [3.63, 3.8) is 0 Å². The molecule has 0 aromatic rings. The van der Waals surface area contributed by atoms with Crippen LogP contribution in [0.2, 0.25) is 26.2 Å². The van der Waals surface area contributed by atoms with E-state index < -0.39 is 36.5 Å². The van der Waals surface area contributed by atoms with Gasteiger partial charge in [0, 0.05) is 13.1 Å². The Hall–Kier alpha value is 0.268. The van der Waals surface area contributed by atoms with Gasteiger partial charge in [0.15, 0.2) is 18.2 Å². The van der Waals surface area contributed by atoms with E-state index in [1.54, 1.807) is 4.03 Å². The summed E-state index contributed by atoms with van der Waals surface area (Å²) < 4.78 is 5.28. The summed E-state index contributed by atoms with van der Waals surface area (Å²) in [5, 5.41) is 0. The second-order valence-corrected chi connectivity index (χ2v) is 15.5. The van der Waals surface area contributed by atoms with Crippen molar-refractivity contribution >= 4 is 36.5 Å². The smallest absolute Gasteiger partial charge is 0.340 e. The predicted molar refractivity (Wildman–Crippen MR) is 94.4 cm³/mol. The fraction of sp³-hybridized carbons (Fsp3) is 1.00. The minimum Gasteiger partial charge on any atom is -0.340 e. The van der Waals surface area contributed by atoms with Gasteiger partial charge in [-0.2, -0.15) is 0 Å². The Morgan fingerprint density at radius 2 is 1.00 bits per heavy atom. The zero-order valence-electron chi connectivity index (χ0n) is 13.8. The molecule has 116 valence electrons. The summed E-state index contributed by atoms with van der Waals surface area (Å²) in [5.41, 5.74) is 7.62. The molecular weight excluding hydrogens is 306 g/mol. The lowest BCUT2D eigenvalue weighted by molar-refractivity contribution is -0.352. The van der Waals surface area contributed by atoms with Gasteiger partial charge >= 0.3 is 18.2 Å². The third-order valence-electron chi connectivity index (χ3n) is 3.04. The minimum absolute atomic E-state index is 0.758. The van der Waals surface area contributed by atoms with E-state index in [0.717, 1.165) is 0 Å². The Balaban J connectivity index is 0. The topological polar surface area (TPSA) is 87.0 Å². The number of hydrogen-bond acceptors (Lipinski definition) is 6. The summed E-state index contributed by atoms with van der Waals surface area (Å²) in [4.78, 5) is 12.8. The molecule has 0 radical (unpaired) electrons. The zero-order valence-corrected chi connectivity index (χ0v) is 18.4. The molecule has 0 aliphatic rings. The maximum Gasteiger partial charge on any atom is 0.425 e. The maximum absolute atomic E-state index is 7.62. The summed E-state index contributed by atoms with van der Waals surface area (Å²) in [7, 11) is 4.16. The summed E-state index contributed by atoms with van der Waals surface area (Å²) in [5.74, 6) is 0. The van der Waals surface area contributed by atoms with Crippen LogP contribution < -0.4 is 24.6 Å². The van der Waals surface area contributed by atoms with E-state index in [1.807, 2.05) is 28.2 Å². The van der Waals surface area contributed by atoms with Crippen LogP contribution in [-0.2, 0) is 0 Å². The highest BCUT2D eigenvalue weighted by molar-refractivity contribution is 6.69. The first-order valence-corrected chi connectivity index (χ1v) is 15.9. The van der Waals surface area contributed by atoms with Crippen molar-refractivity contribution in [2.75, 3.05) is 28.2 Å². The Kier molecular flexibility index (Phi) is 15.0. The molecule has 0 fully saturated rings. The van der Waals surface area contributed by atoms with Crippen LogP contribution >= 0.6 is 0 Å². The van der Waals surface area contributed by atoms with Gasteiger partial charge in [-0.15, -0.1) is 5.53 Å². The van der Waals surface area contributed by atoms with Crippen LogP contribution in [-0.4, -0.2) is 68.7 Å². The molecule has 0 saturated heterocycles. The standard InChI is InChI=1S/C4H17N4Si2.C4H17N3Si2/c1-6-9(3)8(5)10(4)7-2;1-5-8(3)7-9(4)6-2/h5-7,9-10H,1-4H3;5-9H,1-4H3/q+1;. The summed E-state index contributed by atoms with van der Waals surface area (Å²) in [6, 6.07) is 0. The Morgan fingerprint density at radius 3 is 1.21 bits per heavy atom. The van der Waals surface area contributed by atoms with Crippen molar-refractivity contribution in [3.8, 4) is 0 Å². The van der Waals surface area contributed by atoms with Crippen molar-refractivity contribution in [1.29, 1.82) is 5.53 Å². The van der Waals surface area contributed by atoms with Gasteiger partial charge in [0.2, 0.25) is 0 Å². The number of hydrogen-bond donors (Lipinski definition) is 6. The fourth-order valence-corrected chi connectivity index (χ4v) is 9.62. The van der Waals surface area contributed by atoms with Gasteiger partial charge < -0.3 is 14.6 Å². The van der Waals surface area contributed by atoms with E-state index in [1.165, 1.54) is 0 Å². The maximum atomic E-state index is 7.62. The first kappa shape index (κ1) is 21.6. The number of nitrogens with zero attached hydrogens (tertiary/aromatic N) is 1. The van der Waals surface area contributed by atoms with Gasteiger partial charge in [0.05, 0.1) is 0 Å². The summed E-state index contributed by atoms with van der Waals surface area (Å²) >= 11 is 0. The molecule has 0 amide bonds. The van der Waals surface area contributed by atoms with Crippen LogP contribution in [0.4, 0.5) is 0 Å². The van der Waals surface area contributed by atoms with Crippen LogP contribution in [0, 0.1) is 5.53 Å². The normalized spacial score (nSPS) is 16.8. The molecule has 11 heteroatoms. The molecule has 0 aliphatic carbocycles. The van der Waals surface area contributed by atoms with E-state index in [-0.39, 0.29) is 0 Å². The van der Waals surface area contributed by atoms with E-state index in [2.05, 4.69) is 50.8 Å². The SMILES string of the molecule is CN[SiH](C)N[SiH](C)NC.CN[SiH](C)[N+](=N)[SiH](C)NC. The van der Waals surface area contributed by atoms with E-state index in [0.29, 0.717) is 0 Å². The summed E-state index contributed by atoms with van der Waals surface area (Å²) in [6.45, 7) is 8.74. The Morgan fingerprint density at radius 1 is 0.684 bits per heavy atom. The highest BCUT2D eigenvalue weighted by Crippen LogP contribution is 1.82. The van der Waals surface area contributed by atoms with Crippen molar-refractivity contribution in [1.82, 2.24) is 24.6 Å². The Labute approximate surface area is 125 Å². The minimum atomic E-state index is -1.10. The molecule has 0 spiro atoms. The molecule has 4 unspecified atom stereocenters. The highest BCUT2D eigenvalue weighted by Gasteiger charge is 2.24. The lowest BCUT2D eigenvalue weighted by atomic mass is 11.6. The molecule has 0 aliphatic heterocycles. The first-order valence-electron chi connectivity index (χ1n) is 6.78. The molecule has 0 rings (SSSR count). The second-order valence-electron chi connectivity index (χ2n) is 4.52. The molecule has 0 saturated carbocycles. The predicted octanol–water partition coefficient (Wildman–Crippen LogP) is -2.12. The Bertz CT molecular complexity index is 213. The van der Waals surface area contributed by atoms with Crippen LogP contribution in [0.1, 0.15) is 0 Å². The summed E-state index contributed by atoms with van der Waals surface area (Å²) in [6.07, 6.45) is 0. The second kappa shape index (κ2) is 13.3. The average molecular weight is 341 g/mol. The third kappa shape index (κ3) is 11.8. The molecule has 0 heterocycles. The van der Waals surface area contributed by atoms with Gasteiger partial charge in [-0.3, -0.25) is 14.0 Å². The van der Waals surface area contributed by atoms with Gasteiger partial charge in [0.25, 0.3) is 0 Å². The monoisotopic (exact) mass is 340 g/mol. The van der Waals surface area contributed by atoms with Crippen molar-refractivity contribution in [2.45, 2.75) is 26.2 Å². The first-order chi connectivity index (χ1) is 8.83. The lowest BCUT2D eigenvalue weighted by Gasteiger charge is -2.15. The molecule has 0 aromatic heterocycles. The third-order valence-corrected chi connectivity index (χ3v) is 14.8. The van der Waals surface area contributed by atoms with Gasteiger partial charge in [-0.25, -0.2) is 0 Å². The van der Waals surface area contributed by atoms with Gasteiger partial charge in [0.1, 0.15) is 0 Å². The largest absolute Gasteiger partial charge is 0.425 e. The molecule has 6 N–H and O–H groups in total. The van der Waals surface area contributed by atoms with E-state index in [9.17, 15) is 0 Å². The molecule has 19 heavy (non-hydrogen) atoms. The zero-order chi connectivity index (χ0) is 15.4. The molecular formula is C8H34N7Si4+. The van der Waals surface area contributed by atoms with Crippen LogP contribution in [0.3, 0.4) is 0 Å². The lowest BCUT2D eigenvalue weighted by Crippen LogP contribution is -2.54. The van der Waals surface area contributed by atoms with Crippen molar-refractivity contribution in [3.05, 3.63) is 0 Å². The van der Waals surface area contributed by atoms with E-state index in [4.69, 9.17) is 5.53 Å². The van der Waals surface area contributed by atoms with E-state index >= 15 is 0 Å². The molecule has 4 atom stereocenters. The molecule has 0 aromatic carbocycles. The van der Waals surface area contributed by atoms with Crippen LogP contribution in [0.25, 0.3) is 0 Å². The average Bonchev–Trinajstić information content (AvgIpc) is 2.44. The quantitative estimate of drug-likeness (QED) is 0.225. The van der Waals surface area contributed by atoms with Gasteiger partial charge in [-0.1, -0.05) is 0 Å². The molecule has 7 nitrogen and oxygen atoms in total. The number of rotatable bonds is 8. The number of nitrogens with one attached hydrogen (secondary N) is 6. The molecule has 0 bridgehead atoms. The van der Waals surface area contributed by atoms with Crippen molar-refractivity contribution < 1.29 is 4.03 Å². The van der Waals surface area contributed by atoms with Crippen LogP contribution in [0.15, 0.2) is 0 Å². The van der Waals surface area contributed by atoms with Crippen molar-refractivity contribution in [2.24, 2.45) is 0 Å².